The topological polar surface area (TPSA) is 76.0 Å². The molecule has 7 heteroatoms. The lowest BCUT2D eigenvalue weighted by Crippen LogP contribution is -2.46. The van der Waals surface area contributed by atoms with Gasteiger partial charge in [0.05, 0.1) is 31.0 Å². The number of nitrogens with zero attached hydrogens (tertiary/aromatic N) is 4. The molecule has 2 aromatic rings. The largest absolute Gasteiger partial charge is 0.374 e. The fourth-order valence-corrected chi connectivity index (χ4v) is 3.23. The Bertz CT molecular complexity index is 767. The number of rotatable bonds is 4. The number of H-pyrrole nitrogens is 1. The van der Waals surface area contributed by atoms with Gasteiger partial charge in [0.1, 0.15) is 5.82 Å². The Kier molecular flexibility index (Phi) is 4.82. The van der Waals surface area contributed by atoms with Gasteiger partial charge in [-0.15, -0.1) is 0 Å². The number of hydrogen-bond donors (Lipinski definition) is 1. The summed E-state index contributed by atoms with van der Waals surface area (Å²) in [4.78, 5) is 21.3. The Morgan fingerprint density at radius 3 is 2.79 bits per heavy atom. The van der Waals surface area contributed by atoms with Gasteiger partial charge in [-0.05, 0) is 33.8 Å². The summed E-state index contributed by atoms with van der Waals surface area (Å²) in [6.45, 7) is 11.0. The summed E-state index contributed by atoms with van der Waals surface area (Å²) in [6.07, 6.45) is 0.0794. The first-order valence-corrected chi connectivity index (χ1v) is 8.37. The van der Waals surface area contributed by atoms with Crippen molar-refractivity contribution in [3.05, 3.63) is 45.4 Å². The molecule has 0 radical (unpaired) electrons. The molecule has 1 saturated heterocycles. The normalized spacial score (nSPS) is 20.2. The fraction of sp³-hybridized carbons (Fsp3) is 0.588. The van der Waals surface area contributed by atoms with Crippen molar-refractivity contribution in [2.24, 2.45) is 0 Å². The van der Waals surface area contributed by atoms with Crippen molar-refractivity contribution in [1.82, 2.24) is 24.6 Å². The van der Waals surface area contributed by atoms with Gasteiger partial charge in [0.2, 0.25) is 0 Å². The van der Waals surface area contributed by atoms with Crippen molar-refractivity contribution in [3.8, 4) is 0 Å². The molecule has 0 saturated carbocycles. The van der Waals surface area contributed by atoms with Crippen LogP contribution in [0.2, 0.25) is 0 Å². The summed E-state index contributed by atoms with van der Waals surface area (Å²) < 4.78 is 7.92. The average Bonchev–Trinajstić information content (AvgIpc) is 2.83. The lowest BCUT2D eigenvalue weighted by atomic mass is 10.2. The molecule has 1 N–H and O–H groups in total. The molecule has 0 bridgehead atoms. The van der Waals surface area contributed by atoms with Gasteiger partial charge >= 0.3 is 0 Å². The van der Waals surface area contributed by atoms with Gasteiger partial charge in [0.25, 0.3) is 5.56 Å². The Morgan fingerprint density at radius 1 is 1.33 bits per heavy atom. The van der Waals surface area contributed by atoms with E-state index >= 15 is 0 Å². The number of aromatic amines is 1. The number of ether oxygens (including phenoxy) is 1. The van der Waals surface area contributed by atoms with Crippen molar-refractivity contribution >= 4 is 0 Å². The highest BCUT2D eigenvalue weighted by Crippen LogP contribution is 2.20. The maximum absolute atomic E-state index is 11.7. The second kappa shape index (κ2) is 6.86. The number of nitrogens with one attached hydrogen (secondary N) is 1. The molecule has 2 aromatic heterocycles. The van der Waals surface area contributed by atoms with Crippen LogP contribution in [-0.4, -0.2) is 50.4 Å². The van der Waals surface area contributed by atoms with Crippen LogP contribution < -0.4 is 5.56 Å². The lowest BCUT2D eigenvalue weighted by molar-refractivity contribution is -0.0509. The molecule has 0 aromatic carbocycles. The molecule has 1 aliphatic rings. The maximum atomic E-state index is 11.7. The monoisotopic (exact) mass is 331 g/mol. The molecule has 3 heterocycles. The van der Waals surface area contributed by atoms with Crippen LogP contribution in [0.25, 0.3) is 0 Å². The predicted molar refractivity (Wildman–Crippen MR) is 91.0 cm³/mol. The predicted octanol–water partition coefficient (Wildman–Crippen LogP) is 1.35. The molecule has 0 unspecified atom stereocenters. The zero-order chi connectivity index (χ0) is 17.3. The van der Waals surface area contributed by atoms with Crippen LogP contribution in [0.4, 0.5) is 0 Å². The van der Waals surface area contributed by atoms with Crippen LogP contribution >= 0.6 is 0 Å². The second-order valence-corrected chi connectivity index (χ2v) is 6.54. The summed E-state index contributed by atoms with van der Waals surface area (Å²) in [7, 11) is 0. The zero-order valence-corrected chi connectivity index (χ0v) is 14.7. The standard InChI is InChI=1S/C17H25N5O2/c1-11-8-16(23)19-17(18-11)14(4)21-5-6-24-15(9-21)10-22-13(3)7-12(2)20-22/h7-8,14-15H,5-6,9-10H2,1-4H3,(H,18,19,23)/t14-,15-/m0/s1. The van der Waals surface area contributed by atoms with Crippen LogP contribution in [0.1, 0.15) is 35.9 Å². The Balaban J connectivity index is 1.70. The molecular weight excluding hydrogens is 306 g/mol. The smallest absolute Gasteiger partial charge is 0.251 e. The third-order valence-electron chi connectivity index (χ3n) is 4.48. The molecular formula is C17H25N5O2. The zero-order valence-electron chi connectivity index (χ0n) is 14.7. The summed E-state index contributed by atoms with van der Waals surface area (Å²) in [5.74, 6) is 0.715. The third-order valence-corrected chi connectivity index (χ3v) is 4.48. The number of aromatic nitrogens is 4. The van der Waals surface area contributed by atoms with Gasteiger partial charge < -0.3 is 9.72 Å². The van der Waals surface area contributed by atoms with Crippen LogP contribution in [0.15, 0.2) is 16.9 Å². The molecule has 0 amide bonds. The summed E-state index contributed by atoms with van der Waals surface area (Å²) in [5.41, 5.74) is 2.81. The number of aryl methyl sites for hydroxylation is 3. The average molecular weight is 331 g/mol. The molecule has 2 atom stereocenters. The molecule has 3 rings (SSSR count). The van der Waals surface area contributed by atoms with Gasteiger partial charge in [0.15, 0.2) is 0 Å². The minimum atomic E-state index is -0.100. The Labute approximate surface area is 141 Å². The minimum Gasteiger partial charge on any atom is -0.374 e. The van der Waals surface area contributed by atoms with E-state index in [0.29, 0.717) is 12.4 Å². The Morgan fingerprint density at radius 2 is 2.12 bits per heavy atom. The highest BCUT2D eigenvalue weighted by atomic mass is 16.5. The van der Waals surface area contributed by atoms with Gasteiger partial charge in [-0.2, -0.15) is 5.10 Å². The van der Waals surface area contributed by atoms with E-state index in [-0.39, 0.29) is 17.7 Å². The van der Waals surface area contributed by atoms with E-state index in [0.717, 1.165) is 36.7 Å². The van der Waals surface area contributed by atoms with Crippen molar-refractivity contribution in [3.63, 3.8) is 0 Å². The first kappa shape index (κ1) is 16.9. The molecule has 24 heavy (non-hydrogen) atoms. The van der Waals surface area contributed by atoms with Crippen molar-refractivity contribution in [2.45, 2.75) is 46.4 Å². The molecule has 0 spiro atoms. The fourth-order valence-electron chi connectivity index (χ4n) is 3.23. The van der Waals surface area contributed by atoms with Crippen LogP contribution in [0.5, 0.6) is 0 Å². The summed E-state index contributed by atoms with van der Waals surface area (Å²) in [5, 5.41) is 4.51. The van der Waals surface area contributed by atoms with E-state index in [1.807, 2.05) is 18.5 Å². The van der Waals surface area contributed by atoms with Crippen LogP contribution in [0, 0.1) is 20.8 Å². The van der Waals surface area contributed by atoms with Crippen molar-refractivity contribution in [1.29, 1.82) is 0 Å². The first-order chi connectivity index (χ1) is 11.4. The molecule has 1 aliphatic heterocycles. The maximum Gasteiger partial charge on any atom is 0.251 e. The van der Waals surface area contributed by atoms with Crippen molar-refractivity contribution in [2.75, 3.05) is 19.7 Å². The number of morpholine rings is 1. The lowest BCUT2D eigenvalue weighted by Gasteiger charge is -2.36. The highest BCUT2D eigenvalue weighted by molar-refractivity contribution is 5.07. The van der Waals surface area contributed by atoms with Crippen LogP contribution in [0.3, 0.4) is 0 Å². The summed E-state index contributed by atoms with van der Waals surface area (Å²) >= 11 is 0. The SMILES string of the molecule is Cc1cc(=O)[nH]c([C@H](C)N2CCO[C@H](Cn3nc(C)cc3C)C2)n1. The molecule has 1 fully saturated rings. The van der Waals surface area contributed by atoms with E-state index in [2.05, 4.69) is 39.9 Å². The van der Waals surface area contributed by atoms with E-state index in [9.17, 15) is 4.79 Å². The third kappa shape index (κ3) is 3.73. The van der Waals surface area contributed by atoms with Gasteiger partial charge in [0, 0.05) is 30.5 Å². The van der Waals surface area contributed by atoms with E-state index in [4.69, 9.17) is 4.74 Å². The first-order valence-electron chi connectivity index (χ1n) is 8.37. The quantitative estimate of drug-likeness (QED) is 0.915. The van der Waals surface area contributed by atoms with Gasteiger partial charge in [-0.3, -0.25) is 14.4 Å². The second-order valence-electron chi connectivity index (χ2n) is 6.54. The molecule has 7 nitrogen and oxygen atoms in total. The van der Waals surface area contributed by atoms with Crippen LogP contribution in [-0.2, 0) is 11.3 Å². The minimum absolute atomic E-state index is 0.0458. The molecule has 130 valence electrons. The van der Waals surface area contributed by atoms with Crippen molar-refractivity contribution < 1.29 is 4.74 Å². The summed E-state index contributed by atoms with van der Waals surface area (Å²) in [6, 6.07) is 3.63. The van der Waals surface area contributed by atoms with Gasteiger partial charge in [-0.25, -0.2) is 4.98 Å². The van der Waals surface area contributed by atoms with E-state index in [1.54, 1.807) is 0 Å². The van der Waals surface area contributed by atoms with E-state index in [1.165, 1.54) is 6.07 Å². The highest BCUT2D eigenvalue weighted by Gasteiger charge is 2.27. The van der Waals surface area contributed by atoms with Gasteiger partial charge in [-0.1, -0.05) is 0 Å². The molecule has 0 aliphatic carbocycles. The number of hydrogen-bond acceptors (Lipinski definition) is 5. The Hall–Kier alpha value is -1.99. The van der Waals surface area contributed by atoms with E-state index < -0.39 is 0 Å².